The van der Waals surface area contributed by atoms with E-state index in [1.165, 1.54) is 7.11 Å². The van der Waals surface area contributed by atoms with Crippen LogP contribution in [0.3, 0.4) is 0 Å². The first-order valence-electron chi connectivity index (χ1n) is 3.80. The minimum Gasteiger partial charge on any atom is -0.453 e. The van der Waals surface area contributed by atoms with E-state index < -0.39 is 6.09 Å². The van der Waals surface area contributed by atoms with Crippen LogP contribution in [0.2, 0.25) is 0 Å². The van der Waals surface area contributed by atoms with Crippen molar-refractivity contribution in [1.29, 1.82) is 0 Å². The Morgan fingerprint density at radius 2 is 2.08 bits per heavy atom. The van der Waals surface area contributed by atoms with Gasteiger partial charge in [0, 0.05) is 11.4 Å². The van der Waals surface area contributed by atoms with E-state index in [0.717, 1.165) is 10.5 Å². The number of amides is 1. The summed E-state index contributed by atoms with van der Waals surface area (Å²) in [7, 11) is 1.33. The summed E-state index contributed by atoms with van der Waals surface area (Å²) in [6, 6.07) is 7.39. The fourth-order valence-electron chi connectivity index (χ4n) is 0.854. The number of carbonyl (C=O) groups is 1. The first-order chi connectivity index (χ1) is 6.22. The largest absolute Gasteiger partial charge is 0.453 e. The smallest absolute Gasteiger partial charge is 0.407 e. The van der Waals surface area contributed by atoms with Crippen LogP contribution in [-0.2, 0) is 11.3 Å². The number of benzene rings is 1. The molecule has 1 rings (SSSR count). The summed E-state index contributed by atoms with van der Waals surface area (Å²) in [6.07, 6.45) is -0.428. The van der Waals surface area contributed by atoms with Gasteiger partial charge in [0.15, 0.2) is 0 Å². The molecule has 0 heterocycles. The third kappa shape index (κ3) is 3.29. The van der Waals surface area contributed by atoms with Crippen molar-refractivity contribution < 1.29 is 9.53 Å². The molecule has 13 heavy (non-hydrogen) atoms. The second-order valence-corrected chi connectivity index (χ2v) is 2.96. The van der Waals surface area contributed by atoms with E-state index in [4.69, 9.17) is 12.6 Å². The van der Waals surface area contributed by atoms with Crippen LogP contribution in [-0.4, -0.2) is 13.2 Å². The Hall–Kier alpha value is -1.29. The number of ether oxygens (including phenoxy) is 1. The summed E-state index contributed by atoms with van der Waals surface area (Å²) in [5, 5.41) is 2.57. The predicted octanol–water partition coefficient (Wildman–Crippen LogP) is 2.10. The molecule has 0 bridgehead atoms. The van der Waals surface area contributed by atoms with Gasteiger partial charge in [-0.15, -0.1) is 0 Å². The first kappa shape index (κ1) is 9.80. The standard InChI is InChI=1S/C9H10NO2S/c1-12-9(11)10-6-7-2-4-8(13)5-3-7/h2-5H,6H2,1H3,(H,10,11). The molecule has 0 saturated carbocycles. The number of hydrogen-bond donors (Lipinski definition) is 1. The van der Waals surface area contributed by atoms with Crippen molar-refractivity contribution in [3.63, 3.8) is 0 Å². The molecule has 1 aromatic rings. The molecule has 0 fully saturated rings. The normalized spacial score (nSPS) is 9.31. The fraction of sp³-hybridized carbons (Fsp3) is 0.222. The molecule has 0 aliphatic heterocycles. The van der Waals surface area contributed by atoms with Gasteiger partial charge in [-0.05, 0) is 17.7 Å². The van der Waals surface area contributed by atoms with Crippen molar-refractivity contribution in [2.45, 2.75) is 11.4 Å². The maximum absolute atomic E-state index is 10.7. The highest BCUT2D eigenvalue weighted by atomic mass is 32.1. The zero-order valence-electron chi connectivity index (χ0n) is 7.24. The Balaban J connectivity index is 2.46. The van der Waals surface area contributed by atoms with Gasteiger partial charge < -0.3 is 10.1 Å². The summed E-state index contributed by atoms with van der Waals surface area (Å²) < 4.78 is 4.43. The van der Waals surface area contributed by atoms with Crippen LogP contribution < -0.4 is 5.32 Å². The van der Waals surface area contributed by atoms with Crippen LogP contribution in [0.1, 0.15) is 5.56 Å². The second-order valence-electron chi connectivity index (χ2n) is 2.49. The molecule has 1 radical (unpaired) electrons. The molecule has 69 valence electrons. The molecule has 0 aromatic heterocycles. The Labute approximate surface area is 82.5 Å². The van der Waals surface area contributed by atoms with Crippen molar-refractivity contribution in [3.05, 3.63) is 29.8 Å². The lowest BCUT2D eigenvalue weighted by molar-refractivity contribution is 0.170. The molecule has 0 aliphatic rings. The van der Waals surface area contributed by atoms with Crippen LogP contribution in [0.25, 0.3) is 0 Å². The van der Waals surface area contributed by atoms with Crippen molar-refractivity contribution in [2.24, 2.45) is 0 Å². The lowest BCUT2D eigenvalue weighted by Crippen LogP contribution is -2.22. The Morgan fingerprint density at radius 3 is 2.62 bits per heavy atom. The van der Waals surface area contributed by atoms with Gasteiger partial charge in [-0.2, -0.15) is 0 Å². The number of hydrogen-bond acceptors (Lipinski definition) is 2. The third-order valence-electron chi connectivity index (χ3n) is 1.55. The summed E-state index contributed by atoms with van der Waals surface area (Å²) in [5.41, 5.74) is 0.999. The van der Waals surface area contributed by atoms with E-state index in [-0.39, 0.29) is 0 Å². The molecule has 3 nitrogen and oxygen atoms in total. The average Bonchev–Trinajstić information content (AvgIpc) is 2.16. The molecular formula is C9H10NO2S. The van der Waals surface area contributed by atoms with E-state index in [1.54, 1.807) is 0 Å². The van der Waals surface area contributed by atoms with Crippen molar-refractivity contribution in [1.82, 2.24) is 5.32 Å². The molecule has 0 aliphatic carbocycles. The van der Waals surface area contributed by atoms with Gasteiger partial charge in [0.1, 0.15) is 0 Å². The number of methoxy groups -OCH3 is 1. The molecule has 4 heteroatoms. The summed E-state index contributed by atoms with van der Waals surface area (Å²) >= 11 is 4.92. The summed E-state index contributed by atoms with van der Waals surface area (Å²) in [6.45, 7) is 0.461. The highest BCUT2D eigenvalue weighted by Crippen LogP contribution is 2.07. The third-order valence-corrected chi connectivity index (χ3v) is 1.82. The predicted molar refractivity (Wildman–Crippen MR) is 51.5 cm³/mol. The number of carbonyl (C=O) groups excluding carboxylic acids is 1. The monoisotopic (exact) mass is 196 g/mol. The molecule has 1 N–H and O–H groups in total. The van der Waals surface area contributed by atoms with Crippen molar-refractivity contribution >= 4 is 18.7 Å². The highest BCUT2D eigenvalue weighted by molar-refractivity contribution is 7.80. The quantitative estimate of drug-likeness (QED) is 0.786. The van der Waals surface area contributed by atoms with Crippen LogP contribution >= 0.6 is 12.6 Å². The zero-order chi connectivity index (χ0) is 9.68. The van der Waals surface area contributed by atoms with E-state index in [0.29, 0.717) is 6.54 Å². The van der Waals surface area contributed by atoms with Gasteiger partial charge in [-0.3, -0.25) is 0 Å². The molecule has 0 unspecified atom stereocenters. The summed E-state index contributed by atoms with van der Waals surface area (Å²) in [5.74, 6) is 0. The van der Waals surface area contributed by atoms with Gasteiger partial charge in [0.2, 0.25) is 0 Å². The Bertz CT molecular complexity index is 284. The van der Waals surface area contributed by atoms with Gasteiger partial charge in [-0.25, -0.2) is 4.79 Å². The molecule has 0 saturated heterocycles. The zero-order valence-corrected chi connectivity index (χ0v) is 8.06. The van der Waals surface area contributed by atoms with Crippen molar-refractivity contribution in [3.8, 4) is 0 Å². The van der Waals surface area contributed by atoms with Crippen LogP contribution in [0, 0.1) is 0 Å². The van der Waals surface area contributed by atoms with Gasteiger partial charge in [0.25, 0.3) is 0 Å². The van der Waals surface area contributed by atoms with Crippen LogP contribution in [0.5, 0.6) is 0 Å². The number of nitrogens with one attached hydrogen (secondary N) is 1. The van der Waals surface area contributed by atoms with Crippen LogP contribution in [0.4, 0.5) is 4.79 Å². The van der Waals surface area contributed by atoms with Gasteiger partial charge in [0.05, 0.1) is 7.11 Å². The minimum absolute atomic E-state index is 0.428. The van der Waals surface area contributed by atoms with Gasteiger partial charge >= 0.3 is 6.09 Å². The first-order valence-corrected chi connectivity index (χ1v) is 4.21. The highest BCUT2D eigenvalue weighted by Gasteiger charge is 1.97. The topological polar surface area (TPSA) is 38.3 Å². The van der Waals surface area contributed by atoms with E-state index >= 15 is 0 Å². The lowest BCUT2D eigenvalue weighted by atomic mass is 10.2. The average molecular weight is 196 g/mol. The Morgan fingerprint density at radius 1 is 1.46 bits per heavy atom. The number of alkyl carbamates (subject to hydrolysis) is 1. The Kier molecular flexibility index (Phi) is 3.52. The van der Waals surface area contributed by atoms with E-state index in [9.17, 15) is 4.79 Å². The van der Waals surface area contributed by atoms with E-state index in [1.807, 2.05) is 24.3 Å². The fourth-order valence-corrected chi connectivity index (χ4v) is 0.990. The molecule has 0 atom stereocenters. The maximum Gasteiger partial charge on any atom is 0.407 e. The molecule has 1 amide bonds. The minimum atomic E-state index is -0.428. The second kappa shape index (κ2) is 4.67. The number of rotatable bonds is 2. The lowest BCUT2D eigenvalue weighted by Gasteiger charge is -2.03. The molecule has 1 aromatic carbocycles. The van der Waals surface area contributed by atoms with Crippen LogP contribution in [0.15, 0.2) is 29.2 Å². The van der Waals surface area contributed by atoms with Gasteiger partial charge in [-0.1, -0.05) is 24.8 Å². The van der Waals surface area contributed by atoms with Crippen molar-refractivity contribution in [2.75, 3.05) is 7.11 Å². The molecular weight excluding hydrogens is 186 g/mol. The molecule has 0 spiro atoms. The maximum atomic E-state index is 10.7. The SMILES string of the molecule is COC(=O)NCc1ccc([S])cc1. The van der Waals surface area contributed by atoms with E-state index in [2.05, 4.69) is 10.1 Å². The summed E-state index contributed by atoms with van der Waals surface area (Å²) in [4.78, 5) is 11.5.